The third-order valence-corrected chi connectivity index (χ3v) is 7.13. The van der Waals surface area contributed by atoms with Crippen molar-refractivity contribution in [3.63, 3.8) is 0 Å². The molecule has 3 heterocycles. The minimum atomic E-state index is -3.52. The van der Waals surface area contributed by atoms with Crippen molar-refractivity contribution in [1.29, 1.82) is 0 Å². The molecule has 0 saturated carbocycles. The monoisotopic (exact) mass is 337 g/mol. The second kappa shape index (κ2) is 4.94. The molecule has 0 aromatic heterocycles. The van der Waals surface area contributed by atoms with Crippen molar-refractivity contribution in [2.75, 3.05) is 26.3 Å². The fourth-order valence-corrected chi connectivity index (χ4v) is 5.71. The van der Waals surface area contributed by atoms with Gasteiger partial charge in [-0.15, -0.1) is 0 Å². The van der Waals surface area contributed by atoms with Gasteiger partial charge in [-0.3, -0.25) is 0 Å². The summed E-state index contributed by atoms with van der Waals surface area (Å²) in [5.74, 6) is 0.543. The maximum absolute atomic E-state index is 13.2. The van der Waals surface area contributed by atoms with Crippen LogP contribution in [0.3, 0.4) is 0 Å². The summed E-state index contributed by atoms with van der Waals surface area (Å²) in [6.07, 6.45) is 2.58. The number of hydrogen-bond donors (Lipinski definition) is 0. The Kier molecular flexibility index (Phi) is 3.31. The minimum Gasteiger partial charge on any atom is -0.486 e. The first-order chi connectivity index (χ1) is 10.8. The van der Waals surface area contributed by atoms with Crippen molar-refractivity contribution in [3.8, 4) is 5.75 Å². The van der Waals surface area contributed by atoms with E-state index in [9.17, 15) is 8.42 Å². The van der Waals surface area contributed by atoms with Crippen LogP contribution in [0.1, 0.15) is 32.3 Å². The average Bonchev–Trinajstić information content (AvgIpc) is 3.17. The molecule has 0 bridgehead atoms. The largest absolute Gasteiger partial charge is 0.486 e. The van der Waals surface area contributed by atoms with E-state index in [0.29, 0.717) is 30.3 Å². The van der Waals surface area contributed by atoms with Gasteiger partial charge in [-0.05, 0) is 38.3 Å². The van der Waals surface area contributed by atoms with E-state index in [1.165, 1.54) is 0 Å². The molecular formula is C17H23NO4S. The van der Waals surface area contributed by atoms with E-state index < -0.39 is 10.0 Å². The minimum absolute atomic E-state index is 0.0190. The van der Waals surface area contributed by atoms with Gasteiger partial charge >= 0.3 is 0 Å². The summed E-state index contributed by atoms with van der Waals surface area (Å²) in [6, 6.07) is 5.45. The van der Waals surface area contributed by atoms with E-state index in [-0.39, 0.29) is 11.0 Å². The molecule has 3 aliphatic rings. The van der Waals surface area contributed by atoms with E-state index in [0.717, 1.165) is 31.4 Å². The van der Waals surface area contributed by atoms with Crippen LogP contribution in [-0.4, -0.2) is 44.6 Å². The van der Waals surface area contributed by atoms with Gasteiger partial charge in [0.05, 0.1) is 6.61 Å². The Morgan fingerprint density at radius 1 is 1.22 bits per heavy atom. The molecule has 0 radical (unpaired) electrons. The SMILES string of the molecule is CC1(C)Cc2cccc(S(=O)(=O)N3CCC4(CCOC4)C3)c2O1. The lowest BCUT2D eigenvalue weighted by Gasteiger charge is -2.23. The van der Waals surface area contributed by atoms with Gasteiger partial charge in [0.15, 0.2) is 0 Å². The van der Waals surface area contributed by atoms with Crippen LogP contribution in [0.4, 0.5) is 0 Å². The van der Waals surface area contributed by atoms with E-state index >= 15 is 0 Å². The molecule has 1 atom stereocenters. The molecule has 126 valence electrons. The number of benzene rings is 1. The quantitative estimate of drug-likeness (QED) is 0.830. The molecule has 1 unspecified atom stereocenters. The molecule has 3 aliphatic heterocycles. The molecule has 2 saturated heterocycles. The summed E-state index contributed by atoms with van der Waals surface area (Å²) < 4.78 is 39.4. The molecule has 2 fully saturated rings. The molecule has 0 amide bonds. The van der Waals surface area contributed by atoms with Crippen LogP contribution in [-0.2, 0) is 21.2 Å². The topological polar surface area (TPSA) is 55.8 Å². The Balaban J connectivity index is 1.68. The molecule has 1 aromatic rings. The van der Waals surface area contributed by atoms with Crippen LogP contribution >= 0.6 is 0 Å². The number of rotatable bonds is 2. The molecule has 1 aromatic carbocycles. The lowest BCUT2D eigenvalue weighted by atomic mass is 9.87. The Morgan fingerprint density at radius 3 is 2.78 bits per heavy atom. The number of para-hydroxylation sites is 1. The highest BCUT2D eigenvalue weighted by molar-refractivity contribution is 7.89. The van der Waals surface area contributed by atoms with Gasteiger partial charge in [0.25, 0.3) is 0 Å². The normalized spacial score (nSPS) is 29.8. The van der Waals surface area contributed by atoms with Crippen molar-refractivity contribution in [2.24, 2.45) is 5.41 Å². The van der Waals surface area contributed by atoms with Crippen molar-refractivity contribution in [2.45, 2.75) is 43.6 Å². The highest BCUT2D eigenvalue weighted by Crippen LogP contribution is 2.44. The van der Waals surface area contributed by atoms with Gasteiger partial charge in [-0.1, -0.05) is 12.1 Å². The van der Waals surface area contributed by atoms with Crippen molar-refractivity contribution < 1.29 is 17.9 Å². The van der Waals surface area contributed by atoms with Crippen LogP contribution in [0.5, 0.6) is 5.75 Å². The van der Waals surface area contributed by atoms with E-state index in [1.807, 2.05) is 26.0 Å². The summed E-state index contributed by atoms with van der Waals surface area (Å²) in [5.41, 5.74) is 0.652. The fourth-order valence-electron chi connectivity index (χ4n) is 4.00. The van der Waals surface area contributed by atoms with Crippen LogP contribution in [0.15, 0.2) is 23.1 Å². The number of ether oxygens (including phenoxy) is 2. The third kappa shape index (κ3) is 2.47. The molecular weight excluding hydrogens is 314 g/mol. The summed E-state index contributed by atoms with van der Waals surface area (Å²) in [7, 11) is -3.52. The standard InChI is InChI=1S/C17H23NO4S/c1-16(2)10-13-4-3-5-14(15(13)22-16)23(19,20)18-8-6-17(11-18)7-9-21-12-17/h3-5H,6-12H2,1-2H3. The number of hydrogen-bond acceptors (Lipinski definition) is 4. The molecule has 1 spiro atoms. The Morgan fingerprint density at radius 2 is 2.04 bits per heavy atom. The van der Waals surface area contributed by atoms with Crippen molar-refractivity contribution >= 4 is 10.0 Å². The highest BCUT2D eigenvalue weighted by atomic mass is 32.2. The molecule has 23 heavy (non-hydrogen) atoms. The Hall–Kier alpha value is -1.11. The fraction of sp³-hybridized carbons (Fsp3) is 0.647. The lowest BCUT2D eigenvalue weighted by molar-refractivity contribution is 0.134. The number of sulfonamides is 1. The summed E-state index contributed by atoms with van der Waals surface area (Å²) in [5, 5.41) is 0. The van der Waals surface area contributed by atoms with Crippen LogP contribution in [0.25, 0.3) is 0 Å². The molecule has 6 heteroatoms. The van der Waals surface area contributed by atoms with E-state index in [1.54, 1.807) is 10.4 Å². The third-order valence-electron chi connectivity index (χ3n) is 5.26. The van der Waals surface area contributed by atoms with Crippen molar-refractivity contribution in [3.05, 3.63) is 23.8 Å². The smallest absolute Gasteiger partial charge is 0.246 e. The first kappa shape index (κ1) is 15.4. The predicted octanol–water partition coefficient (Wildman–Crippen LogP) is 2.20. The predicted molar refractivity (Wildman–Crippen MR) is 86.1 cm³/mol. The maximum atomic E-state index is 13.2. The van der Waals surface area contributed by atoms with Gasteiger partial charge < -0.3 is 9.47 Å². The number of fused-ring (bicyclic) bond motifs is 1. The average molecular weight is 337 g/mol. The zero-order valence-electron chi connectivity index (χ0n) is 13.7. The van der Waals surface area contributed by atoms with Gasteiger partial charge in [0, 0.05) is 31.5 Å². The first-order valence-electron chi connectivity index (χ1n) is 8.20. The van der Waals surface area contributed by atoms with Gasteiger partial charge in [-0.25, -0.2) is 8.42 Å². The summed E-state index contributed by atoms with van der Waals surface area (Å²) >= 11 is 0. The zero-order valence-corrected chi connectivity index (χ0v) is 14.5. The Bertz CT molecular complexity index is 735. The van der Waals surface area contributed by atoms with Crippen LogP contribution in [0, 0.1) is 5.41 Å². The second-order valence-electron chi connectivity index (χ2n) is 7.67. The maximum Gasteiger partial charge on any atom is 0.246 e. The Labute approximate surface area is 137 Å². The first-order valence-corrected chi connectivity index (χ1v) is 9.64. The van der Waals surface area contributed by atoms with Gasteiger partial charge in [0.2, 0.25) is 10.0 Å². The molecule has 4 rings (SSSR count). The number of nitrogens with zero attached hydrogens (tertiary/aromatic N) is 1. The van der Waals surface area contributed by atoms with E-state index in [2.05, 4.69) is 0 Å². The lowest BCUT2D eigenvalue weighted by Crippen LogP contribution is -2.33. The van der Waals surface area contributed by atoms with Crippen LogP contribution in [0.2, 0.25) is 0 Å². The summed E-state index contributed by atoms with van der Waals surface area (Å²) in [6.45, 7) is 6.52. The van der Waals surface area contributed by atoms with Gasteiger partial charge in [-0.2, -0.15) is 4.31 Å². The molecule has 5 nitrogen and oxygen atoms in total. The zero-order chi connectivity index (χ0) is 16.3. The van der Waals surface area contributed by atoms with Crippen molar-refractivity contribution in [1.82, 2.24) is 4.31 Å². The highest BCUT2D eigenvalue weighted by Gasteiger charge is 2.46. The van der Waals surface area contributed by atoms with Crippen LogP contribution < -0.4 is 4.74 Å². The molecule has 0 aliphatic carbocycles. The van der Waals surface area contributed by atoms with E-state index in [4.69, 9.17) is 9.47 Å². The molecule has 0 N–H and O–H groups in total. The van der Waals surface area contributed by atoms with Gasteiger partial charge in [0.1, 0.15) is 16.2 Å². The second-order valence-corrected chi connectivity index (χ2v) is 9.58. The summed E-state index contributed by atoms with van der Waals surface area (Å²) in [4.78, 5) is 0.316.